The average molecular weight is 248 g/mol. The molecule has 5 heteroatoms. The fourth-order valence-electron chi connectivity index (χ4n) is 1.90. The van der Waals surface area contributed by atoms with Gasteiger partial charge in [0.1, 0.15) is 5.75 Å². The van der Waals surface area contributed by atoms with E-state index in [4.69, 9.17) is 4.74 Å². The van der Waals surface area contributed by atoms with Crippen molar-refractivity contribution >= 4 is 17.5 Å². The summed E-state index contributed by atoms with van der Waals surface area (Å²) in [6.45, 7) is 4.37. The minimum Gasteiger partial charge on any atom is -0.482 e. The van der Waals surface area contributed by atoms with Crippen LogP contribution in [0.2, 0.25) is 0 Å². The van der Waals surface area contributed by atoms with Gasteiger partial charge in [-0.2, -0.15) is 0 Å². The molecule has 0 bridgehead atoms. The highest BCUT2D eigenvalue weighted by Crippen LogP contribution is 2.32. The zero-order valence-electron chi connectivity index (χ0n) is 10.5. The molecular weight excluding hydrogens is 232 g/mol. The van der Waals surface area contributed by atoms with Crippen LogP contribution in [0.3, 0.4) is 0 Å². The van der Waals surface area contributed by atoms with Crippen LogP contribution in [0.4, 0.5) is 5.69 Å². The van der Waals surface area contributed by atoms with Gasteiger partial charge in [0.25, 0.3) is 5.91 Å². The maximum Gasteiger partial charge on any atom is 0.265 e. The second kappa shape index (κ2) is 5.08. The zero-order chi connectivity index (χ0) is 13.1. The van der Waals surface area contributed by atoms with Crippen LogP contribution in [0.15, 0.2) is 18.2 Å². The Balaban J connectivity index is 2.16. The molecule has 18 heavy (non-hydrogen) atoms. The van der Waals surface area contributed by atoms with Gasteiger partial charge in [-0.3, -0.25) is 9.59 Å². The Morgan fingerprint density at radius 1 is 1.50 bits per heavy atom. The van der Waals surface area contributed by atoms with Crippen molar-refractivity contribution in [3.05, 3.63) is 23.8 Å². The molecule has 0 fully saturated rings. The first-order valence-corrected chi connectivity index (χ1v) is 5.86. The molecule has 0 saturated carbocycles. The Labute approximate surface area is 106 Å². The first-order chi connectivity index (χ1) is 8.58. The van der Waals surface area contributed by atoms with Gasteiger partial charge < -0.3 is 15.0 Å². The molecule has 0 unspecified atom stereocenters. The molecule has 2 rings (SSSR count). The SMILES string of the molecule is CC(=O)NCCN1C(=O)COc2ccc(C)cc21. The second-order valence-corrected chi connectivity index (χ2v) is 4.29. The van der Waals surface area contributed by atoms with E-state index in [-0.39, 0.29) is 18.4 Å². The molecule has 1 aliphatic heterocycles. The summed E-state index contributed by atoms with van der Waals surface area (Å²) in [4.78, 5) is 24.3. The number of hydrogen-bond donors (Lipinski definition) is 1. The molecule has 0 aromatic heterocycles. The molecular formula is C13H16N2O3. The standard InChI is InChI=1S/C13H16N2O3/c1-9-3-4-12-11(7-9)15(13(17)8-18-12)6-5-14-10(2)16/h3-4,7H,5-6,8H2,1-2H3,(H,14,16). The van der Waals surface area contributed by atoms with Crippen molar-refractivity contribution < 1.29 is 14.3 Å². The summed E-state index contributed by atoms with van der Waals surface area (Å²) in [5.41, 5.74) is 1.84. The molecule has 0 aliphatic carbocycles. The number of hydrogen-bond acceptors (Lipinski definition) is 3. The van der Waals surface area contributed by atoms with Crippen molar-refractivity contribution in [1.82, 2.24) is 5.32 Å². The highest BCUT2D eigenvalue weighted by Gasteiger charge is 2.24. The van der Waals surface area contributed by atoms with Crippen molar-refractivity contribution in [2.24, 2.45) is 0 Å². The van der Waals surface area contributed by atoms with Gasteiger partial charge in [-0.15, -0.1) is 0 Å². The van der Waals surface area contributed by atoms with Crippen molar-refractivity contribution in [2.75, 3.05) is 24.6 Å². The zero-order valence-corrected chi connectivity index (χ0v) is 10.5. The van der Waals surface area contributed by atoms with Crippen molar-refractivity contribution in [1.29, 1.82) is 0 Å². The van der Waals surface area contributed by atoms with Crippen molar-refractivity contribution in [2.45, 2.75) is 13.8 Å². The summed E-state index contributed by atoms with van der Waals surface area (Å²) < 4.78 is 5.37. The Kier molecular flexibility index (Phi) is 3.50. The van der Waals surface area contributed by atoms with Crippen LogP contribution in [0.5, 0.6) is 5.75 Å². The number of rotatable bonds is 3. The highest BCUT2D eigenvalue weighted by molar-refractivity contribution is 5.98. The molecule has 2 amide bonds. The number of carbonyl (C=O) groups excluding carboxylic acids is 2. The third-order valence-corrected chi connectivity index (χ3v) is 2.77. The van der Waals surface area contributed by atoms with E-state index in [0.29, 0.717) is 18.8 Å². The van der Waals surface area contributed by atoms with Crippen LogP contribution < -0.4 is 15.0 Å². The van der Waals surface area contributed by atoms with Gasteiger partial charge in [0.05, 0.1) is 5.69 Å². The molecule has 1 aromatic carbocycles. The fraction of sp³-hybridized carbons (Fsp3) is 0.385. The smallest absolute Gasteiger partial charge is 0.265 e. The average Bonchev–Trinajstić information content (AvgIpc) is 2.31. The molecule has 96 valence electrons. The molecule has 0 spiro atoms. The van der Waals surface area contributed by atoms with Gasteiger partial charge in [-0.1, -0.05) is 6.07 Å². The molecule has 1 N–H and O–H groups in total. The number of nitrogens with one attached hydrogen (secondary N) is 1. The van der Waals surface area contributed by atoms with Crippen LogP contribution in [0.1, 0.15) is 12.5 Å². The van der Waals surface area contributed by atoms with E-state index < -0.39 is 0 Å². The van der Waals surface area contributed by atoms with Crippen LogP contribution in [0, 0.1) is 6.92 Å². The number of benzene rings is 1. The Morgan fingerprint density at radius 2 is 2.28 bits per heavy atom. The third kappa shape index (κ3) is 2.61. The number of carbonyl (C=O) groups is 2. The molecule has 1 heterocycles. The number of ether oxygens (including phenoxy) is 1. The van der Waals surface area contributed by atoms with Gasteiger partial charge in [0.2, 0.25) is 5.91 Å². The van der Waals surface area contributed by atoms with Gasteiger partial charge in [-0.25, -0.2) is 0 Å². The highest BCUT2D eigenvalue weighted by atomic mass is 16.5. The first kappa shape index (κ1) is 12.4. The number of fused-ring (bicyclic) bond motifs is 1. The summed E-state index contributed by atoms with van der Waals surface area (Å²) in [5, 5.41) is 2.69. The third-order valence-electron chi connectivity index (χ3n) is 2.77. The van der Waals surface area contributed by atoms with Gasteiger partial charge in [0, 0.05) is 20.0 Å². The Morgan fingerprint density at radius 3 is 3.00 bits per heavy atom. The number of anilines is 1. The Hall–Kier alpha value is -2.04. The quantitative estimate of drug-likeness (QED) is 0.863. The van der Waals surface area contributed by atoms with E-state index in [1.165, 1.54) is 6.92 Å². The number of aryl methyl sites for hydroxylation is 1. The number of amides is 2. The second-order valence-electron chi connectivity index (χ2n) is 4.29. The van der Waals surface area contributed by atoms with Crippen molar-refractivity contribution in [3.8, 4) is 5.75 Å². The van der Waals surface area contributed by atoms with E-state index in [1.807, 2.05) is 25.1 Å². The monoisotopic (exact) mass is 248 g/mol. The molecule has 0 atom stereocenters. The summed E-state index contributed by atoms with van der Waals surface area (Å²) in [6.07, 6.45) is 0. The maximum atomic E-state index is 11.8. The van der Waals surface area contributed by atoms with Crippen LogP contribution in [-0.4, -0.2) is 31.5 Å². The molecule has 5 nitrogen and oxygen atoms in total. The molecule has 1 aliphatic rings. The fourth-order valence-corrected chi connectivity index (χ4v) is 1.90. The first-order valence-electron chi connectivity index (χ1n) is 5.86. The minimum absolute atomic E-state index is 0.0517. The Bertz CT molecular complexity index is 485. The van der Waals surface area contributed by atoms with Gasteiger partial charge in [-0.05, 0) is 24.6 Å². The largest absolute Gasteiger partial charge is 0.482 e. The van der Waals surface area contributed by atoms with E-state index in [0.717, 1.165) is 11.3 Å². The van der Waals surface area contributed by atoms with E-state index in [1.54, 1.807) is 4.90 Å². The lowest BCUT2D eigenvalue weighted by Crippen LogP contribution is -2.43. The lowest BCUT2D eigenvalue weighted by Gasteiger charge is -2.29. The van der Waals surface area contributed by atoms with E-state index in [2.05, 4.69) is 5.32 Å². The van der Waals surface area contributed by atoms with Crippen molar-refractivity contribution in [3.63, 3.8) is 0 Å². The van der Waals surface area contributed by atoms with Crippen LogP contribution in [0.25, 0.3) is 0 Å². The molecule has 1 aromatic rings. The summed E-state index contributed by atoms with van der Waals surface area (Å²) in [6, 6.07) is 5.73. The van der Waals surface area contributed by atoms with E-state index in [9.17, 15) is 9.59 Å². The predicted octanol–water partition coefficient (Wildman–Crippen LogP) is 0.857. The van der Waals surface area contributed by atoms with Gasteiger partial charge in [0.15, 0.2) is 6.61 Å². The lowest BCUT2D eigenvalue weighted by atomic mass is 10.1. The van der Waals surface area contributed by atoms with Gasteiger partial charge >= 0.3 is 0 Å². The predicted molar refractivity (Wildman–Crippen MR) is 67.7 cm³/mol. The van der Waals surface area contributed by atoms with E-state index >= 15 is 0 Å². The van der Waals surface area contributed by atoms with Crippen LogP contribution in [-0.2, 0) is 9.59 Å². The minimum atomic E-state index is -0.0971. The summed E-state index contributed by atoms with van der Waals surface area (Å²) in [5.74, 6) is 0.529. The summed E-state index contributed by atoms with van der Waals surface area (Å²) in [7, 11) is 0. The number of nitrogens with zero attached hydrogens (tertiary/aromatic N) is 1. The summed E-state index contributed by atoms with van der Waals surface area (Å²) >= 11 is 0. The van der Waals surface area contributed by atoms with Crippen LogP contribution >= 0.6 is 0 Å². The topological polar surface area (TPSA) is 58.6 Å². The maximum absolute atomic E-state index is 11.8. The normalized spacial score (nSPS) is 13.9. The molecule has 0 radical (unpaired) electrons. The molecule has 0 saturated heterocycles. The lowest BCUT2D eigenvalue weighted by molar-refractivity contribution is -0.122.